The van der Waals surface area contributed by atoms with E-state index in [1.165, 1.54) is 13.8 Å². The second-order valence-corrected chi connectivity index (χ2v) is 15.2. The van der Waals surface area contributed by atoms with Gasteiger partial charge in [0.1, 0.15) is 79.5 Å². The summed E-state index contributed by atoms with van der Waals surface area (Å²) in [4.78, 5) is 111. The van der Waals surface area contributed by atoms with E-state index >= 15 is 0 Å². The molecule has 28 heteroatoms. The highest BCUT2D eigenvalue weighted by atomic mass is 16.7. The average Bonchev–Trinajstić information content (AvgIpc) is 3.21. The number of aliphatic hydroxyl groups is 5. The molecule has 2 rings (SSSR count). The van der Waals surface area contributed by atoms with Crippen LogP contribution in [0.5, 0.6) is 0 Å². The van der Waals surface area contributed by atoms with Crippen LogP contribution in [-0.4, -0.2) is 195 Å². The number of carbonyl (C=O) groups is 9. The molecule has 0 radical (unpaired) electrons. The number of nitrogens with one attached hydrogen (secondary N) is 6. The minimum absolute atomic E-state index is 0.0424. The number of primary amides is 2. The molecule has 18 N–H and O–H groups in total. The predicted molar refractivity (Wildman–Crippen MR) is 212 cm³/mol. The summed E-state index contributed by atoms with van der Waals surface area (Å²) in [6.07, 6.45) is -15.6. The lowest BCUT2D eigenvalue weighted by atomic mass is 9.94. The largest absolute Gasteiger partial charge is 0.480 e. The number of carboxylic acids is 1. The molecule has 28 nitrogen and oxygen atoms in total. The molecule has 0 aromatic rings. The number of rotatable bonds is 25. The number of carboxylic acid groups (broad SMARTS) is 1. The van der Waals surface area contributed by atoms with Crippen LogP contribution in [0.4, 0.5) is 0 Å². The van der Waals surface area contributed by atoms with Gasteiger partial charge >= 0.3 is 5.97 Å². The Kier molecular flexibility index (Phi) is 22.3. The lowest BCUT2D eigenvalue weighted by Crippen LogP contribution is -2.70. The summed E-state index contributed by atoms with van der Waals surface area (Å²) in [5, 5.41) is 74.9. The van der Waals surface area contributed by atoms with Crippen LogP contribution >= 0.6 is 0 Å². The second kappa shape index (κ2) is 26.0. The molecule has 15 unspecified atom stereocenters. The summed E-state index contributed by atoms with van der Waals surface area (Å²) in [5.74, 6) is -8.33. The third-order valence-electron chi connectivity index (χ3n) is 10.00. The van der Waals surface area contributed by atoms with Crippen LogP contribution in [0.3, 0.4) is 0 Å². The molecule has 8 amide bonds. The van der Waals surface area contributed by atoms with Crippen molar-refractivity contribution < 1.29 is 92.7 Å². The fraction of sp³-hybridized carbons (Fsp3) is 0.750. The van der Waals surface area contributed by atoms with Crippen LogP contribution in [-0.2, 0) is 62.1 Å². The van der Waals surface area contributed by atoms with Crippen molar-refractivity contribution in [1.82, 2.24) is 31.9 Å². The Morgan fingerprint density at radius 2 is 1.31 bits per heavy atom. The highest BCUT2D eigenvalue weighted by molar-refractivity contribution is 5.93. The van der Waals surface area contributed by atoms with E-state index in [4.69, 9.17) is 41.3 Å². The molecule has 2 saturated heterocycles. The molecule has 0 aliphatic carbocycles. The molecular weight excluding hydrogens is 862 g/mol. The van der Waals surface area contributed by atoms with Gasteiger partial charge in [-0.1, -0.05) is 0 Å². The van der Waals surface area contributed by atoms with Gasteiger partial charge in [0, 0.05) is 20.3 Å². The zero-order chi connectivity index (χ0) is 48.6. The SMILES string of the molecule is CC(=O)NC1C(OC2C(CO)OC(O)C(NC(C)=O)C2OC(C)C(=O)NC(C)C(=O)NC(CCC(=O)NC(CCCC(N)C(N)=O)C(=O)NCC(=O)O)C(N)=O)OC(CO)C(O)C1O. The van der Waals surface area contributed by atoms with E-state index < -0.39 is 177 Å². The standard InChI is InChI=1S/C36H61N9O19/c1-13(32(57)45-18(31(39)56)8-9-22(50)44-19(34(59)40-10-23(51)52)7-5-6-17(37)30(38)55)41-33(58)14(2)61-29-25(43-16(4)49)35(60)62-21(12-47)28(29)64-36-24(42-15(3)48)27(54)26(53)20(11-46)63-36/h13-14,17-21,24-29,35-36,46-47,53-54,60H,5-12,37H2,1-4H3,(H2,38,55)(H2,39,56)(H,40,59)(H,41,58)(H,42,48)(H,43,49)(H,44,50)(H,45,57)(H,51,52). The predicted octanol–water partition coefficient (Wildman–Crippen LogP) is -8.77. The maximum Gasteiger partial charge on any atom is 0.322 e. The van der Waals surface area contributed by atoms with Gasteiger partial charge in [0.25, 0.3) is 0 Å². The number of aliphatic hydroxyl groups excluding tert-OH is 5. The van der Waals surface area contributed by atoms with Gasteiger partial charge in [0.05, 0.1) is 19.3 Å². The van der Waals surface area contributed by atoms with Crippen LogP contribution in [0.25, 0.3) is 0 Å². The lowest BCUT2D eigenvalue weighted by Gasteiger charge is -2.48. The number of aliphatic carboxylic acids is 1. The van der Waals surface area contributed by atoms with Gasteiger partial charge in [-0.15, -0.1) is 0 Å². The molecule has 0 aromatic heterocycles. The first-order valence-electron chi connectivity index (χ1n) is 20.1. The summed E-state index contributed by atoms with van der Waals surface area (Å²) >= 11 is 0. The quantitative estimate of drug-likeness (QED) is 0.0404. The number of hydrogen-bond donors (Lipinski definition) is 15. The van der Waals surface area contributed by atoms with Gasteiger partial charge in [-0.3, -0.25) is 43.2 Å². The Labute approximate surface area is 365 Å². The van der Waals surface area contributed by atoms with E-state index in [0.29, 0.717) is 0 Å². The maximum atomic E-state index is 13.5. The Morgan fingerprint density at radius 3 is 1.86 bits per heavy atom. The minimum Gasteiger partial charge on any atom is -0.480 e. The molecule has 2 aliphatic heterocycles. The zero-order valence-electron chi connectivity index (χ0n) is 35.5. The van der Waals surface area contributed by atoms with Crippen molar-refractivity contribution in [2.45, 2.75) is 151 Å². The Bertz CT molecular complexity index is 1660. The third-order valence-corrected chi connectivity index (χ3v) is 10.00. The van der Waals surface area contributed by atoms with Crippen molar-refractivity contribution in [2.24, 2.45) is 17.2 Å². The fourth-order valence-corrected chi connectivity index (χ4v) is 6.58. The molecule has 2 heterocycles. The Balaban J connectivity index is 2.20. The molecule has 15 atom stereocenters. The van der Waals surface area contributed by atoms with E-state index in [1.807, 2.05) is 0 Å². The van der Waals surface area contributed by atoms with Gasteiger partial charge in [0.2, 0.25) is 47.3 Å². The molecule has 2 aliphatic rings. The Morgan fingerprint density at radius 1 is 0.703 bits per heavy atom. The third kappa shape index (κ3) is 16.8. The Hall–Kier alpha value is -5.17. The first-order valence-corrected chi connectivity index (χ1v) is 20.1. The van der Waals surface area contributed by atoms with Crippen molar-refractivity contribution in [2.75, 3.05) is 19.8 Å². The fourth-order valence-electron chi connectivity index (χ4n) is 6.58. The topological polar surface area (TPSA) is 462 Å². The highest BCUT2D eigenvalue weighted by Crippen LogP contribution is 2.31. The summed E-state index contributed by atoms with van der Waals surface area (Å²) in [7, 11) is 0. The molecular formula is C36H61N9O19. The van der Waals surface area contributed by atoms with Gasteiger partial charge in [-0.25, -0.2) is 0 Å². The number of carbonyl (C=O) groups excluding carboxylic acids is 8. The number of ether oxygens (including phenoxy) is 4. The smallest absolute Gasteiger partial charge is 0.322 e. The zero-order valence-corrected chi connectivity index (χ0v) is 35.5. The van der Waals surface area contributed by atoms with Crippen LogP contribution in [0, 0.1) is 0 Å². The monoisotopic (exact) mass is 923 g/mol. The molecule has 64 heavy (non-hydrogen) atoms. The lowest BCUT2D eigenvalue weighted by molar-refractivity contribution is -0.333. The normalized spacial score (nSPS) is 27.8. The van der Waals surface area contributed by atoms with Crippen molar-refractivity contribution >= 4 is 53.2 Å². The van der Waals surface area contributed by atoms with E-state index in [0.717, 1.165) is 13.8 Å². The van der Waals surface area contributed by atoms with E-state index in [9.17, 15) is 68.7 Å². The van der Waals surface area contributed by atoms with Crippen molar-refractivity contribution in [3.8, 4) is 0 Å². The molecule has 0 aromatic carbocycles. The van der Waals surface area contributed by atoms with Gasteiger partial charge in [-0.2, -0.15) is 0 Å². The first kappa shape index (κ1) is 55.0. The second-order valence-electron chi connectivity index (χ2n) is 15.2. The molecule has 2 fully saturated rings. The summed E-state index contributed by atoms with van der Waals surface area (Å²) in [6, 6.07) is -8.29. The number of nitrogens with two attached hydrogens (primary N) is 3. The minimum atomic E-state index is -1.89. The molecule has 0 bridgehead atoms. The van der Waals surface area contributed by atoms with Gasteiger partial charge < -0.3 is 98.7 Å². The van der Waals surface area contributed by atoms with E-state index in [2.05, 4.69) is 31.9 Å². The average molecular weight is 924 g/mol. The highest BCUT2D eigenvalue weighted by Gasteiger charge is 2.53. The van der Waals surface area contributed by atoms with Crippen molar-refractivity contribution in [1.29, 1.82) is 0 Å². The van der Waals surface area contributed by atoms with E-state index in [-0.39, 0.29) is 19.3 Å². The molecule has 0 spiro atoms. The molecule has 364 valence electrons. The maximum absolute atomic E-state index is 13.5. The summed E-state index contributed by atoms with van der Waals surface area (Å²) < 4.78 is 23.1. The summed E-state index contributed by atoms with van der Waals surface area (Å²) in [5.41, 5.74) is 16.2. The first-order chi connectivity index (χ1) is 29.9. The van der Waals surface area contributed by atoms with Crippen LogP contribution in [0.2, 0.25) is 0 Å². The van der Waals surface area contributed by atoms with Gasteiger partial charge in [-0.05, 0) is 39.5 Å². The van der Waals surface area contributed by atoms with Crippen LogP contribution < -0.4 is 49.1 Å². The van der Waals surface area contributed by atoms with E-state index in [1.54, 1.807) is 0 Å². The summed E-state index contributed by atoms with van der Waals surface area (Å²) in [6.45, 7) is 2.11. The molecule has 0 saturated carbocycles. The van der Waals surface area contributed by atoms with Crippen LogP contribution in [0.15, 0.2) is 0 Å². The number of amides is 8. The van der Waals surface area contributed by atoms with Gasteiger partial charge in [0.15, 0.2) is 12.6 Å². The van der Waals surface area contributed by atoms with Crippen molar-refractivity contribution in [3.63, 3.8) is 0 Å². The number of hydrogen-bond acceptors (Lipinski definition) is 19. The van der Waals surface area contributed by atoms with Crippen molar-refractivity contribution in [3.05, 3.63) is 0 Å². The van der Waals surface area contributed by atoms with Crippen LogP contribution in [0.1, 0.15) is 59.8 Å².